The fraction of sp³-hybridized carbons (Fsp3) is 0.280. The van der Waals surface area contributed by atoms with Gasteiger partial charge < -0.3 is 10.6 Å². The first-order chi connectivity index (χ1) is 14.9. The molecule has 1 aliphatic rings. The number of aromatic nitrogens is 1. The molecule has 3 aromatic rings. The Morgan fingerprint density at radius 3 is 2.23 bits per heavy atom. The summed E-state index contributed by atoms with van der Waals surface area (Å²) < 4.78 is 27.6. The van der Waals surface area contributed by atoms with Gasteiger partial charge in [0.25, 0.3) is 0 Å². The lowest BCUT2D eigenvalue weighted by atomic mass is 9.75. The zero-order valence-electron chi connectivity index (χ0n) is 17.4. The van der Waals surface area contributed by atoms with Crippen molar-refractivity contribution < 1.29 is 13.6 Å². The van der Waals surface area contributed by atoms with Crippen molar-refractivity contribution in [2.75, 3.05) is 5.32 Å². The number of pyridine rings is 1. The Kier molecular flexibility index (Phi) is 5.72. The van der Waals surface area contributed by atoms with Crippen LogP contribution in [0, 0.1) is 6.92 Å². The van der Waals surface area contributed by atoms with E-state index in [1.165, 1.54) is 0 Å². The summed E-state index contributed by atoms with van der Waals surface area (Å²) in [5, 5.41) is 5.84. The van der Waals surface area contributed by atoms with Crippen molar-refractivity contribution in [1.82, 2.24) is 10.3 Å². The van der Waals surface area contributed by atoms with Crippen LogP contribution in [0.3, 0.4) is 0 Å². The predicted molar refractivity (Wildman–Crippen MR) is 118 cm³/mol. The van der Waals surface area contributed by atoms with Gasteiger partial charge in [0.2, 0.25) is 5.92 Å². The van der Waals surface area contributed by atoms with Crippen LogP contribution in [0.25, 0.3) is 11.1 Å². The molecule has 1 aliphatic carbocycles. The molecule has 0 bridgehead atoms. The van der Waals surface area contributed by atoms with Gasteiger partial charge in [0.05, 0.1) is 5.54 Å². The normalized spacial score (nSPS) is 17.0. The smallest absolute Gasteiger partial charge is 0.319 e. The Morgan fingerprint density at radius 2 is 1.58 bits per heavy atom. The maximum Gasteiger partial charge on any atom is 0.319 e. The number of anilines is 1. The Balaban J connectivity index is 1.48. The number of nitrogens with zero attached hydrogens (tertiary/aromatic N) is 1. The lowest BCUT2D eigenvalue weighted by molar-refractivity contribution is -0.0550. The van der Waals surface area contributed by atoms with Crippen molar-refractivity contribution in [2.24, 2.45) is 0 Å². The lowest BCUT2D eigenvalue weighted by Gasteiger charge is -2.41. The first kappa shape index (κ1) is 21.0. The molecule has 6 heteroatoms. The number of rotatable bonds is 4. The number of halogens is 2. The predicted octanol–water partition coefficient (Wildman–Crippen LogP) is 6.28. The van der Waals surface area contributed by atoms with Crippen LogP contribution in [0.15, 0.2) is 72.9 Å². The van der Waals surface area contributed by atoms with E-state index in [2.05, 4.69) is 15.6 Å². The number of carbonyl (C=O) groups is 1. The van der Waals surface area contributed by atoms with Crippen molar-refractivity contribution in [1.29, 1.82) is 0 Å². The van der Waals surface area contributed by atoms with E-state index in [0.717, 1.165) is 22.4 Å². The lowest BCUT2D eigenvalue weighted by Crippen LogP contribution is -2.51. The standard InChI is InChI=1S/C25H25F2N3O/c1-18-17-20(11-16-28-18)19-7-9-22(10-8-19)29-23(31)30-24(21-5-3-2-4-6-21)12-14-25(26,27)15-13-24/h2-11,16-17H,12-15H2,1H3,(H2,29,30,31). The quantitative estimate of drug-likeness (QED) is 0.521. The maximum absolute atomic E-state index is 13.8. The molecule has 0 radical (unpaired) electrons. The van der Waals surface area contributed by atoms with Gasteiger partial charge in [0, 0.05) is 30.4 Å². The Labute approximate surface area is 180 Å². The monoisotopic (exact) mass is 421 g/mol. The van der Waals surface area contributed by atoms with Gasteiger partial charge in [-0.1, -0.05) is 42.5 Å². The third kappa shape index (κ3) is 4.90. The van der Waals surface area contributed by atoms with Gasteiger partial charge in [0.15, 0.2) is 0 Å². The van der Waals surface area contributed by atoms with Crippen molar-refractivity contribution in [2.45, 2.75) is 44.1 Å². The van der Waals surface area contributed by atoms with Crippen LogP contribution >= 0.6 is 0 Å². The molecule has 0 aliphatic heterocycles. The zero-order chi connectivity index (χ0) is 21.9. The summed E-state index contributed by atoms with van der Waals surface area (Å²) in [5.74, 6) is -2.68. The molecule has 1 aromatic heterocycles. The number of hydrogen-bond donors (Lipinski definition) is 2. The first-order valence-corrected chi connectivity index (χ1v) is 10.4. The van der Waals surface area contributed by atoms with Gasteiger partial charge in [-0.3, -0.25) is 4.98 Å². The summed E-state index contributed by atoms with van der Waals surface area (Å²) in [5.41, 5.74) is 3.69. The SMILES string of the molecule is Cc1cc(-c2ccc(NC(=O)NC3(c4ccccc4)CCC(F)(F)CC3)cc2)ccn1. The molecule has 2 aromatic carbocycles. The number of hydrogen-bond acceptors (Lipinski definition) is 2. The van der Waals surface area contributed by atoms with E-state index < -0.39 is 17.5 Å². The van der Waals surface area contributed by atoms with E-state index in [-0.39, 0.29) is 25.7 Å². The van der Waals surface area contributed by atoms with Gasteiger partial charge in [-0.05, 0) is 60.7 Å². The van der Waals surface area contributed by atoms with Crippen molar-refractivity contribution in [3.63, 3.8) is 0 Å². The second kappa shape index (κ2) is 8.46. The van der Waals surface area contributed by atoms with Crippen LogP contribution in [0.5, 0.6) is 0 Å². The van der Waals surface area contributed by atoms with E-state index in [1.807, 2.05) is 73.7 Å². The Morgan fingerprint density at radius 1 is 0.903 bits per heavy atom. The summed E-state index contributed by atoms with van der Waals surface area (Å²) in [6.45, 7) is 1.94. The van der Waals surface area contributed by atoms with E-state index in [0.29, 0.717) is 5.69 Å². The van der Waals surface area contributed by atoms with Crippen molar-refractivity contribution in [3.8, 4) is 11.1 Å². The van der Waals surface area contributed by atoms with E-state index >= 15 is 0 Å². The van der Waals surface area contributed by atoms with Gasteiger partial charge in [0.1, 0.15) is 0 Å². The number of benzene rings is 2. The second-order valence-electron chi connectivity index (χ2n) is 8.15. The molecule has 0 atom stereocenters. The number of alkyl halides is 2. The number of aryl methyl sites for hydroxylation is 1. The summed E-state index contributed by atoms with van der Waals surface area (Å²) in [4.78, 5) is 17.0. The molecule has 1 saturated carbocycles. The van der Waals surface area contributed by atoms with E-state index in [4.69, 9.17) is 0 Å². The highest BCUT2D eigenvalue weighted by atomic mass is 19.3. The highest BCUT2D eigenvalue weighted by Crippen LogP contribution is 2.43. The Bertz CT molecular complexity index is 1040. The van der Waals surface area contributed by atoms with Crippen LogP contribution in [-0.4, -0.2) is 16.9 Å². The first-order valence-electron chi connectivity index (χ1n) is 10.4. The average Bonchev–Trinajstić information content (AvgIpc) is 2.76. The van der Waals surface area contributed by atoms with Gasteiger partial charge in [-0.25, -0.2) is 13.6 Å². The summed E-state index contributed by atoms with van der Waals surface area (Å²) in [7, 11) is 0. The van der Waals surface area contributed by atoms with Gasteiger partial charge in [-0.2, -0.15) is 0 Å². The number of carbonyl (C=O) groups excluding carboxylic acids is 1. The fourth-order valence-electron chi connectivity index (χ4n) is 4.14. The van der Waals surface area contributed by atoms with Crippen LogP contribution in [0.1, 0.15) is 36.9 Å². The maximum atomic E-state index is 13.8. The largest absolute Gasteiger partial charge is 0.328 e. The number of urea groups is 1. The molecular formula is C25H25F2N3O. The molecule has 4 rings (SSSR count). The summed E-state index contributed by atoms with van der Waals surface area (Å²) in [6.07, 6.45) is 1.65. The van der Waals surface area contributed by atoms with E-state index in [9.17, 15) is 13.6 Å². The molecule has 2 amide bonds. The molecule has 160 valence electrons. The van der Waals surface area contributed by atoms with Crippen LogP contribution < -0.4 is 10.6 Å². The molecular weight excluding hydrogens is 396 g/mol. The zero-order valence-corrected chi connectivity index (χ0v) is 17.4. The molecule has 4 nitrogen and oxygen atoms in total. The molecule has 0 saturated heterocycles. The topological polar surface area (TPSA) is 54.0 Å². The van der Waals surface area contributed by atoms with Gasteiger partial charge >= 0.3 is 6.03 Å². The second-order valence-corrected chi connectivity index (χ2v) is 8.15. The Hall–Kier alpha value is -3.28. The number of nitrogens with one attached hydrogen (secondary N) is 2. The minimum atomic E-state index is -2.68. The molecule has 1 heterocycles. The average molecular weight is 421 g/mol. The van der Waals surface area contributed by atoms with Crippen LogP contribution in [0.4, 0.5) is 19.3 Å². The van der Waals surface area contributed by atoms with Crippen molar-refractivity contribution in [3.05, 3.63) is 84.2 Å². The third-order valence-corrected chi connectivity index (χ3v) is 5.89. The fourth-order valence-corrected chi connectivity index (χ4v) is 4.14. The minimum absolute atomic E-state index is 0.192. The van der Waals surface area contributed by atoms with E-state index in [1.54, 1.807) is 6.20 Å². The highest BCUT2D eigenvalue weighted by molar-refractivity contribution is 5.90. The molecule has 1 fully saturated rings. The number of amides is 2. The van der Waals surface area contributed by atoms with Gasteiger partial charge in [-0.15, -0.1) is 0 Å². The molecule has 0 unspecified atom stereocenters. The molecule has 0 spiro atoms. The minimum Gasteiger partial charge on any atom is -0.328 e. The summed E-state index contributed by atoms with van der Waals surface area (Å²) >= 11 is 0. The van der Waals surface area contributed by atoms with Crippen LogP contribution in [-0.2, 0) is 5.54 Å². The molecule has 31 heavy (non-hydrogen) atoms. The summed E-state index contributed by atoms with van der Waals surface area (Å²) in [6, 6.07) is 20.4. The van der Waals surface area contributed by atoms with Crippen molar-refractivity contribution >= 4 is 11.7 Å². The highest BCUT2D eigenvalue weighted by Gasteiger charge is 2.45. The third-order valence-electron chi connectivity index (χ3n) is 5.89. The van der Waals surface area contributed by atoms with Crippen LogP contribution in [0.2, 0.25) is 0 Å². The molecule has 2 N–H and O–H groups in total.